The van der Waals surface area contributed by atoms with Gasteiger partial charge in [-0.25, -0.2) is 4.99 Å². The maximum absolute atomic E-state index is 9.45. The molecule has 130 valence electrons. The molecule has 1 fully saturated rings. The molecule has 1 aliphatic rings. The van der Waals surface area contributed by atoms with Crippen LogP contribution in [0.4, 0.5) is 11.4 Å². The second-order valence-electron chi connectivity index (χ2n) is 5.94. The van der Waals surface area contributed by atoms with Gasteiger partial charge in [-0.05, 0) is 13.0 Å². The van der Waals surface area contributed by atoms with Crippen LogP contribution in [0.5, 0.6) is 5.75 Å². The Morgan fingerprint density at radius 3 is 2.79 bits per heavy atom. The van der Waals surface area contributed by atoms with Crippen LogP contribution >= 0.6 is 0 Å². The van der Waals surface area contributed by atoms with Crippen molar-refractivity contribution in [1.29, 1.82) is 5.26 Å². The van der Waals surface area contributed by atoms with Gasteiger partial charge in [0.15, 0.2) is 0 Å². The fourth-order valence-corrected chi connectivity index (χ4v) is 2.52. The van der Waals surface area contributed by atoms with Crippen LogP contribution in [0.2, 0.25) is 0 Å². The number of ether oxygens (including phenoxy) is 2. The molecule has 1 heterocycles. The van der Waals surface area contributed by atoms with E-state index in [0.717, 1.165) is 38.4 Å². The molecule has 1 aromatic rings. The van der Waals surface area contributed by atoms with E-state index < -0.39 is 0 Å². The average molecular weight is 331 g/mol. The zero-order valence-electron chi connectivity index (χ0n) is 14.6. The molecule has 0 spiro atoms. The highest BCUT2D eigenvalue weighted by Gasteiger charge is 2.16. The number of nitrogens with zero attached hydrogens (tertiary/aromatic N) is 4. The van der Waals surface area contributed by atoms with E-state index in [9.17, 15) is 5.26 Å². The fourth-order valence-electron chi connectivity index (χ4n) is 2.52. The average Bonchev–Trinajstić information content (AvgIpc) is 2.56. The van der Waals surface area contributed by atoms with Crippen LogP contribution in [0, 0.1) is 18.3 Å². The molecule has 1 aliphatic heterocycles. The molecule has 7 heteroatoms. The smallest absolute Gasteiger partial charge is 0.146 e. The number of nitrogens with two attached hydrogens (primary N) is 1. The molecule has 0 amide bonds. The summed E-state index contributed by atoms with van der Waals surface area (Å²) in [6, 6.07) is 3.89. The van der Waals surface area contributed by atoms with Gasteiger partial charge in [-0.1, -0.05) is 0 Å². The van der Waals surface area contributed by atoms with Crippen LogP contribution in [0.15, 0.2) is 11.1 Å². The van der Waals surface area contributed by atoms with E-state index >= 15 is 0 Å². The molecule has 0 atom stereocenters. The van der Waals surface area contributed by atoms with E-state index in [1.165, 1.54) is 0 Å². The van der Waals surface area contributed by atoms with Gasteiger partial charge in [-0.3, -0.25) is 4.90 Å². The molecular weight excluding hydrogens is 306 g/mol. The summed E-state index contributed by atoms with van der Waals surface area (Å²) in [6.07, 6.45) is 1.65. The Bertz CT molecular complexity index is 631. The SMILES string of the molecule is Cc1c(C#N)c(N=CN(C)C)cc(N)c1OCCN1CCOCC1. The first kappa shape index (κ1) is 18.0. The minimum atomic E-state index is 0.490. The molecule has 0 aromatic heterocycles. The van der Waals surface area contributed by atoms with Crippen LogP contribution in [-0.4, -0.2) is 69.7 Å². The van der Waals surface area contributed by atoms with Gasteiger partial charge >= 0.3 is 0 Å². The number of nitrogen functional groups attached to an aromatic ring is 1. The Kier molecular flexibility index (Phi) is 6.41. The Morgan fingerprint density at radius 1 is 1.46 bits per heavy atom. The summed E-state index contributed by atoms with van der Waals surface area (Å²) in [4.78, 5) is 8.41. The highest BCUT2D eigenvalue weighted by Crippen LogP contribution is 2.35. The quantitative estimate of drug-likeness (QED) is 0.481. The first-order valence-electron chi connectivity index (χ1n) is 7.99. The van der Waals surface area contributed by atoms with Crippen molar-refractivity contribution >= 4 is 17.7 Å². The van der Waals surface area contributed by atoms with Crippen molar-refractivity contribution in [2.75, 3.05) is 59.3 Å². The lowest BCUT2D eigenvalue weighted by molar-refractivity contribution is 0.0322. The van der Waals surface area contributed by atoms with Crippen molar-refractivity contribution in [3.05, 3.63) is 17.2 Å². The molecule has 0 radical (unpaired) electrons. The highest BCUT2D eigenvalue weighted by atomic mass is 16.5. The van der Waals surface area contributed by atoms with Gasteiger partial charge in [0.1, 0.15) is 18.4 Å². The maximum atomic E-state index is 9.45. The molecule has 0 aliphatic carbocycles. The lowest BCUT2D eigenvalue weighted by atomic mass is 10.1. The Labute approximate surface area is 143 Å². The van der Waals surface area contributed by atoms with E-state index in [-0.39, 0.29) is 0 Å². The van der Waals surface area contributed by atoms with Gasteiger partial charge < -0.3 is 20.1 Å². The minimum absolute atomic E-state index is 0.490. The van der Waals surface area contributed by atoms with E-state index in [1.54, 1.807) is 17.3 Å². The van der Waals surface area contributed by atoms with Gasteiger partial charge in [0.2, 0.25) is 0 Å². The monoisotopic (exact) mass is 331 g/mol. The summed E-state index contributed by atoms with van der Waals surface area (Å²) < 4.78 is 11.2. The van der Waals surface area contributed by atoms with E-state index in [1.807, 2.05) is 21.0 Å². The second kappa shape index (κ2) is 8.52. The van der Waals surface area contributed by atoms with Gasteiger partial charge in [0.05, 0.1) is 36.5 Å². The van der Waals surface area contributed by atoms with Crippen molar-refractivity contribution in [3.63, 3.8) is 0 Å². The van der Waals surface area contributed by atoms with Crippen molar-refractivity contribution in [1.82, 2.24) is 9.80 Å². The predicted molar refractivity (Wildman–Crippen MR) is 94.9 cm³/mol. The third kappa shape index (κ3) is 4.60. The number of anilines is 1. The zero-order chi connectivity index (χ0) is 17.5. The lowest BCUT2D eigenvalue weighted by Crippen LogP contribution is -2.38. The van der Waals surface area contributed by atoms with E-state index in [2.05, 4.69) is 16.0 Å². The standard InChI is InChI=1S/C17H25N5O2/c1-13-14(11-18)16(20-12-21(2)3)10-15(19)17(13)24-9-6-22-4-7-23-8-5-22/h10,12H,4-9,19H2,1-3H3. The molecule has 1 aromatic carbocycles. The topological polar surface area (TPSA) is 87.1 Å². The Balaban J connectivity index is 2.11. The summed E-state index contributed by atoms with van der Waals surface area (Å²) in [5, 5.41) is 9.45. The number of hydrogen-bond donors (Lipinski definition) is 1. The van der Waals surface area contributed by atoms with Crippen LogP contribution in [0.25, 0.3) is 0 Å². The minimum Gasteiger partial charge on any atom is -0.490 e. The summed E-state index contributed by atoms with van der Waals surface area (Å²) >= 11 is 0. The Morgan fingerprint density at radius 2 is 2.17 bits per heavy atom. The number of aliphatic imine (C=N–C) groups is 1. The molecule has 0 bridgehead atoms. The Hall–Kier alpha value is -2.30. The van der Waals surface area contributed by atoms with Crippen molar-refractivity contribution in [2.24, 2.45) is 4.99 Å². The number of benzene rings is 1. The third-order valence-corrected chi connectivity index (χ3v) is 3.82. The molecule has 0 saturated carbocycles. The van der Waals surface area contributed by atoms with Gasteiger partial charge in [-0.15, -0.1) is 0 Å². The first-order valence-corrected chi connectivity index (χ1v) is 7.99. The largest absolute Gasteiger partial charge is 0.490 e. The third-order valence-electron chi connectivity index (χ3n) is 3.82. The van der Waals surface area contributed by atoms with Crippen molar-refractivity contribution < 1.29 is 9.47 Å². The number of rotatable bonds is 6. The summed E-state index contributed by atoms with van der Waals surface area (Å²) in [5.41, 5.74) is 8.39. The normalized spacial score (nSPS) is 15.4. The summed E-state index contributed by atoms with van der Waals surface area (Å²) in [5.74, 6) is 0.573. The van der Waals surface area contributed by atoms with Crippen molar-refractivity contribution in [2.45, 2.75) is 6.92 Å². The maximum Gasteiger partial charge on any atom is 0.146 e. The molecule has 24 heavy (non-hydrogen) atoms. The number of morpholine rings is 1. The zero-order valence-corrected chi connectivity index (χ0v) is 14.6. The second-order valence-corrected chi connectivity index (χ2v) is 5.94. The van der Waals surface area contributed by atoms with Crippen molar-refractivity contribution in [3.8, 4) is 11.8 Å². The molecule has 0 unspecified atom stereocenters. The predicted octanol–water partition coefficient (Wildman–Crippen LogP) is 1.38. The molecule has 7 nitrogen and oxygen atoms in total. The number of hydrogen-bond acceptors (Lipinski definition) is 6. The molecule has 1 saturated heterocycles. The fraction of sp³-hybridized carbons (Fsp3) is 0.529. The first-order chi connectivity index (χ1) is 11.5. The van der Waals surface area contributed by atoms with Crippen LogP contribution in [0.1, 0.15) is 11.1 Å². The van der Waals surface area contributed by atoms with E-state index in [0.29, 0.717) is 29.3 Å². The van der Waals surface area contributed by atoms with Crippen LogP contribution < -0.4 is 10.5 Å². The van der Waals surface area contributed by atoms with Crippen LogP contribution in [-0.2, 0) is 4.74 Å². The molecular formula is C17H25N5O2. The molecule has 2 N–H and O–H groups in total. The summed E-state index contributed by atoms with van der Waals surface area (Å²) in [6.45, 7) is 6.53. The lowest BCUT2D eigenvalue weighted by Gasteiger charge is -2.26. The molecule has 2 rings (SSSR count). The van der Waals surface area contributed by atoms with Gasteiger partial charge in [0.25, 0.3) is 0 Å². The van der Waals surface area contributed by atoms with Gasteiger partial charge in [-0.2, -0.15) is 5.26 Å². The van der Waals surface area contributed by atoms with Gasteiger partial charge in [0, 0.05) is 39.3 Å². The summed E-state index contributed by atoms with van der Waals surface area (Å²) in [7, 11) is 3.74. The highest BCUT2D eigenvalue weighted by molar-refractivity contribution is 5.74. The van der Waals surface area contributed by atoms with Crippen LogP contribution in [0.3, 0.4) is 0 Å². The van der Waals surface area contributed by atoms with E-state index in [4.69, 9.17) is 15.2 Å². The number of nitriles is 1.